The van der Waals surface area contributed by atoms with Crippen LogP contribution in [0.3, 0.4) is 0 Å². The molecule has 1 unspecified atom stereocenters. The van der Waals surface area contributed by atoms with Gasteiger partial charge in [0.05, 0.1) is 34.0 Å². The van der Waals surface area contributed by atoms with Crippen LogP contribution < -0.4 is 24.0 Å². The first-order valence-corrected chi connectivity index (χ1v) is 18.1. The Morgan fingerprint density at radius 1 is 1.15 bits per heavy atom. The van der Waals surface area contributed by atoms with Crippen LogP contribution in [-0.2, 0) is 23.2 Å². The van der Waals surface area contributed by atoms with Crippen LogP contribution in [0.25, 0.3) is 10.8 Å². The molecule has 0 saturated carbocycles. The number of fused-ring (bicyclic) bond motifs is 3. The van der Waals surface area contributed by atoms with Gasteiger partial charge in [0.15, 0.2) is 0 Å². The number of halogens is 2. The van der Waals surface area contributed by atoms with Gasteiger partial charge in [-0.3, -0.25) is 4.90 Å². The van der Waals surface area contributed by atoms with Crippen LogP contribution in [0.1, 0.15) is 50.3 Å². The molecule has 11 nitrogen and oxygen atoms in total. The maximum Gasteiger partial charge on any atom is 0.318 e. The Bertz CT molecular complexity index is 1830. The minimum absolute atomic E-state index is 0.00480. The van der Waals surface area contributed by atoms with E-state index in [1.165, 1.54) is 6.07 Å². The molecule has 4 fully saturated rings. The third kappa shape index (κ3) is 5.24. The molecule has 0 bridgehead atoms. The fourth-order valence-corrected chi connectivity index (χ4v) is 10.3. The van der Waals surface area contributed by atoms with Gasteiger partial charge in [-0.25, -0.2) is 9.11 Å². The van der Waals surface area contributed by atoms with Crippen molar-refractivity contribution in [1.29, 1.82) is 0 Å². The number of hydrogen-bond donors (Lipinski definition) is 3. The fraction of sp³-hybridized carbons (Fsp3) is 0.562. The molecule has 0 radical (unpaired) electrons. The van der Waals surface area contributed by atoms with Crippen LogP contribution >= 0.6 is 11.6 Å². The molecule has 0 aliphatic carbocycles. The molecule has 6 heterocycles. The molecule has 8 rings (SSSR count). The largest absolute Gasteiger partial charge is 0.508 e. The molecule has 5 aliphatic rings. The number of hydrogen-bond acceptors (Lipinski definition) is 9. The highest BCUT2D eigenvalue weighted by Gasteiger charge is 2.48. The van der Waals surface area contributed by atoms with Crippen molar-refractivity contribution < 1.29 is 22.7 Å². The summed E-state index contributed by atoms with van der Waals surface area (Å²) < 4.78 is 51.3. The molecular weight excluding hydrogens is 633 g/mol. The van der Waals surface area contributed by atoms with E-state index in [9.17, 15) is 17.9 Å². The monoisotopic (exact) mass is 671 g/mol. The summed E-state index contributed by atoms with van der Waals surface area (Å²) in [6.07, 6.45) is 5.47. The van der Waals surface area contributed by atoms with Crippen LogP contribution in [0.5, 0.6) is 11.8 Å². The summed E-state index contributed by atoms with van der Waals surface area (Å²) in [6, 6.07) is 6.45. The van der Waals surface area contributed by atoms with E-state index in [4.69, 9.17) is 26.3 Å². The number of anilines is 2. The van der Waals surface area contributed by atoms with E-state index < -0.39 is 21.6 Å². The number of rotatable bonds is 5. The van der Waals surface area contributed by atoms with E-state index in [1.54, 1.807) is 18.2 Å². The van der Waals surface area contributed by atoms with Crippen molar-refractivity contribution in [2.24, 2.45) is 5.92 Å². The van der Waals surface area contributed by atoms with Crippen LogP contribution in [0.15, 0.2) is 24.3 Å². The standard InChI is InChI=1S/C32H39ClFN7O4S/c1-20-14-32(8-3-10-41(32)15-20)19-45-30-36-25-16-39(26-13-22(42)12-21-4-5-24(34)28(33)27(21)26)11-6-23(25)29(37-30)40-9-2-7-31(18-40)17-35-46(43,44)38-31/h4-5,12-13,20,35,38,42H,2-3,6-11,14-19H2,1H3/t20-,31?,32+/m1/s1. The number of aromatic nitrogens is 2. The number of ether oxygens (including phenoxy) is 1. The molecule has 246 valence electrons. The average molecular weight is 672 g/mol. The van der Waals surface area contributed by atoms with Crippen LogP contribution in [0.4, 0.5) is 15.9 Å². The average Bonchev–Trinajstić information content (AvgIpc) is 3.65. The molecule has 4 saturated heterocycles. The van der Waals surface area contributed by atoms with E-state index in [2.05, 4.69) is 31.1 Å². The van der Waals surface area contributed by atoms with Gasteiger partial charge in [0.1, 0.15) is 24.0 Å². The number of piperidine rings is 1. The molecule has 3 N–H and O–H groups in total. The van der Waals surface area contributed by atoms with Gasteiger partial charge in [0.2, 0.25) is 0 Å². The van der Waals surface area contributed by atoms with Gasteiger partial charge in [-0.05, 0) is 68.5 Å². The lowest BCUT2D eigenvalue weighted by Gasteiger charge is -2.41. The molecule has 3 atom stereocenters. The molecule has 1 aromatic heterocycles. The van der Waals surface area contributed by atoms with Gasteiger partial charge in [-0.2, -0.15) is 23.1 Å². The highest BCUT2D eigenvalue weighted by Crippen LogP contribution is 2.43. The zero-order chi connectivity index (χ0) is 31.8. The van der Waals surface area contributed by atoms with Crippen LogP contribution in [0.2, 0.25) is 5.02 Å². The van der Waals surface area contributed by atoms with Crippen LogP contribution in [-0.4, -0.2) is 85.3 Å². The number of benzene rings is 2. The number of nitrogens with one attached hydrogen (secondary N) is 2. The second kappa shape index (κ2) is 11.0. The Balaban J connectivity index is 1.16. The molecule has 1 spiro atoms. The van der Waals surface area contributed by atoms with E-state index in [-0.39, 0.29) is 16.3 Å². The van der Waals surface area contributed by atoms with Gasteiger partial charge < -0.3 is 19.6 Å². The van der Waals surface area contributed by atoms with Gasteiger partial charge in [-0.1, -0.05) is 24.6 Å². The summed E-state index contributed by atoms with van der Waals surface area (Å²) in [4.78, 5) is 16.8. The molecule has 3 aromatic rings. The lowest BCUT2D eigenvalue weighted by Crippen LogP contribution is -2.57. The zero-order valence-electron chi connectivity index (χ0n) is 25.9. The van der Waals surface area contributed by atoms with Crippen molar-refractivity contribution in [3.8, 4) is 11.8 Å². The van der Waals surface area contributed by atoms with Gasteiger partial charge in [0, 0.05) is 49.7 Å². The number of phenolic OH excluding ortho intramolecular Hbond substituents is 1. The SMILES string of the molecule is C[C@H]1CN2CCC[C@@]2(COc2nc3c(c(N4CCCC5(CNS(=O)(=O)N5)C4)n2)CCN(c2cc(O)cc4ccc(F)c(Cl)c24)C3)C1. The topological polar surface area (TPSA) is 123 Å². The van der Waals surface area contributed by atoms with E-state index in [0.717, 1.165) is 68.8 Å². The quantitative estimate of drug-likeness (QED) is 0.373. The predicted molar refractivity (Wildman–Crippen MR) is 174 cm³/mol. The van der Waals surface area contributed by atoms with E-state index in [0.29, 0.717) is 67.6 Å². The first-order valence-electron chi connectivity index (χ1n) is 16.2. The Kier molecular flexibility index (Phi) is 7.29. The first kappa shape index (κ1) is 30.4. The van der Waals surface area contributed by atoms with Crippen molar-refractivity contribution in [2.75, 3.05) is 55.7 Å². The second-order valence-corrected chi connectivity index (χ2v) is 15.8. The van der Waals surface area contributed by atoms with Crippen molar-refractivity contribution >= 4 is 44.1 Å². The van der Waals surface area contributed by atoms with E-state index >= 15 is 0 Å². The fourth-order valence-electron chi connectivity index (χ4n) is 8.68. The highest BCUT2D eigenvalue weighted by atomic mass is 35.5. The summed E-state index contributed by atoms with van der Waals surface area (Å²) in [6.45, 7) is 7.46. The highest BCUT2D eigenvalue weighted by molar-refractivity contribution is 7.87. The smallest absolute Gasteiger partial charge is 0.318 e. The number of nitrogens with zero attached hydrogens (tertiary/aromatic N) is 5. The van der Waals surface area contributed by atoms with Gasteiger partial charge in [0.25, 0.3) is 10.2 Å². The Hall–Kier alpha value is -2.97. The molecule has 0 amide bonds. The molecule has 2 aromatic carbocycles. The number of phenols is 1. The maximum absolute atomic E-state index is 14.6. The van der Waals surface area contributed by atoms with Gasteiger partial charge >= 0.3 is 6.01 Å². The second-order valence-electron chi connectivity index (χ2n) is 14.0. The van der Waals surface area contributed by atoms with Crippen LogP contribution in [0, 0.1) is 11.7 Å². The van der Waals surface area contributed by atoms with E-state index in [1.807, 2.05) is 0 Å². The first-order chi connectivity index (χ1) is 22.0. The predicted octanol–water partition coefficient (Wildman–Crippen LogP) is 3.72. The van der Waals surface area contributed by atoms with Crippen molar-refractivity contribution in [2.45, 2.75) is 63.1 Å². The Morgan fingerprint density at radius 2 is 2.00 bits per heavy atom. The summed E-state index contributed by atoms with van der Waals surface area (Å²) in [5.41, 5.74) is 1.81. The maximum atomic E-state index is 14.6. The minimum Gasteiger partial charge on any atom is -0.508 e. The summed E-state index contributed by atoms with van der Waals surface area (Å²) in [5, 5.41) is 11.8. The van der Waals surface area contributed by atoms with Crippen molar-refractivity contribution in [3.63, 3.8) is 0 Å². The Labute approximate surface area is 273 Å². The minimum atomic E-state index is -3.54. The van der Waals surface area contributed by atoms with Gasteiger partial charge in [-0.15, -0.1) is 0 Å². The molecule has 14 heteroatoms. The lowest BCUT2D eigenvalue weighted by atomic mass is 9.89. The summed E-state index contributed by atoms with van der Waals surface area (Å²) in [7, 11) is -3.54. The lowest BCUT2D eigenvalue weighted by molar-refractivity contribution is 0.107. The summed E-state index contributed by atoms with van der Waals surface area (Å²) in [5.74, 6) is 0.937. The third-order valence-electron chi connectivity index (χ3n) is 10.6. The van der Waals surface area contributed by atoms with Crippen molar-refractivity contribution in [3.05, 3.63) is 46.4 Å². The zero-order valence-corrected chi connectivity index (χ0v) is 27.4. The normalized spacial score (nSPS) is 29.1. The summed E-state index contributed by atoms with van der Waals surface area (Å²) >= 11 is 6.50. The molecular formula is C32H39ClFN7O4S. The molecule has 46 heavy (non-hydrogen) atoms. The number of aromatic hydroxyl groups is 1. The van der Waals surface area contributed by atoms with Crippen molar-refractivity contribution in [1.82, 2.24) is 24.3 Å². The third-order valence-corrected chi connectivity index (χ3v) is 12.2. The molecule has 5 aliphatic heterocycles. The Morgan fingerprint density at radius 3 is 2.83 bits per heavy atom.